The van der Waals surface area contributed by atoms with Crippen LogP contribution in [0.2, 0.25) is 0 Å². The van der Waals surface area contributed by atoms with Crippen molar-refractivity contribution in [3.05, 3.63) is 12.0 Å². The molecule has 0 amide bonds. The van der Waals surface area contributed by atoms with Gasteiger partial charge >= 0.3 is 0 Å². The molecule has 0 aliphatic heterocycles. The van der Waals surface area contributed by atoms with Gasteiger partial charge in [0.1, 0.15) is 12.3 Å². The molecule has 0 spiro atoms. The molecule has 1 aromatic heterocycles. The van der Waals surface area contributed by atoms with Crippen LogP contribution >= 0.6 is 0 Å². The number of nitrogens with one attached hydrogen (secondary N) is 1. The Hall–Kier alpha value is -1.50. The zero-order valence-electron chi connectivity index (χ0n) is 5.59. The molecule has 4 heteroatoms. The number of nitriles is 1. The average molecular weight is 137 g/mol. The van der Waals surface area contributed by atoms with E-state index in [1.807, 2.05) is 13.0 Å². The Morgan fingerprint density at radius 1 is 1.90 bits per heavy atom. The predicted octanol–water partition coefficient (Wildman–Crippen LogP) is 0.978. The number of aromatic nitrogens is 1. The Morgan fingerprint density at radius 3 is 3.20 bits per heavy atom. The van der Waals surface area contributed by atoms with Gasteiger partial charge in [0.2, 0.25) is 0 Å². The van der Waals surface area contributed by atoms with E-state index in [1.54, 1.807) is 0 Å². The normalized spacial score (nSPS) is 8.80. The van der Waals surface area contributed by atoms with Crippen LogP contribution in [0.15, 0.2) is 10.7 Å². The van der Waals surface area contributed by atoms with Crippen LogP contribution in [0.5, 0.6) is 0 Å². The molecule has 0 aliphatic carbocycles. The third-order valence-electron chi connectivity index (χ3n) is 0.947. The number of hydrogen-bond acceptors (Lipinski definition) is 4. The number of anilines is 1. The second-order valence-electron chi connectivity index (χ2n) is 1.68. The summed E-state index contributed by atoms with van der Waals surface area (Å²) in [5, 5.41) is 11.2. The van der Waals surface area contributed by atoms with Crippen LogP contribution in [0, 0.1) is 11.3 Å². The highest BCUT2D eigenvalue weighted by atomic mass is 16.4. The lowest BCUT2D eigenvalue weighted by atomic mass is 10.6. The van der Waals surface area contributed by atoms with E-state index in [0.29, 0.717) is 11.7 Å². The molecule has 1 N–H and O–H groups in total. The van der Waals surface area contributed by atoms with Gasteiger partial charge in [0.05, 0.1) is 0 Å². The predicted molar refractivity (Wildman–Crippen MR) is 35.4 cm³/mol. The van der Waals surface area contributed by atoms with Gasteiger partial charge in [-0.3, -0.25) is 0 Å². The highest BCUT2D eigenvalue weighted by molar-refractivity contribution is 5.26. The summed E-state index contributed by atoms with van der Waals surface area (Å²) in [7, 11) is 0. The van der Waals surface area contributed by atoms with Gasteiger partial charge in [0, 0.05) is 6.54 Å². The lowest BCUT2D eigenvalue weighted by Gasteiger charge is -1.90. The van der Waals surface area contributed by atoms with Crippen molar-refractivity contribution in [2.45, 2.75) is 6.92 Å². The molecule has 52 valence electrons. The lowest BCUT2D eigenvalue weighted by molar-refractivity contribution is 0.572. The Labute approximate surface area is 58.5 Å². The molecule has 1 rings (SSSR count). The maximum Gasteiger partial charge on any atom is 0.295 e. The van der Waals surface area contributed by atoms with Gasteiger partial charge < -0.3 is 9.73 Å². The summed E-state index contributed by atoms with van der Waals surface area (Å²) in [5.74, 6) is 0. The first-order chi connectivity index (χ1) is 4.86. The zero-order chi connectivity index (χ0) is 7.40. The molecule has 0 atom stereocenters. The van der Waals surface area contributed by atoms with Crippen molar-refractivity contribution in [2.75, 3.05) is 11.9 Å². The molecule has 0 aromatic carbocycles. The van der Waals surface area contributed by atoms with Crippen LogP contribution in [-0.2, 0) is 0 Å². The van der Waals surface area contributed by atoms with Crippen molar-refractivity contribution in [1.29, 1.82) is 5.26 Å². The molecule has 0 aliphatic rings. The highest BCUT2D eigenvalue weighted by Gasteiger charge is 1.98. The largest absolute Gasteiger partial charge is 0.431 e. The first-order valence-corrected chi connectivity index (χ1v) is 2.96. The van der Waals surface area contributed by atoms with Gasteiger partial charge in [-0.1, -0.05) is 0 Å². The Kier molecular flexibility index (Phi) is 1.90. The van der Waals surface area contributed by atoms with Gasteiger partial charge in [0.15, 0.2) is 5.69 Å². The third kappa shape index (κ3) is 1.26. The van der Waals surface area contributed by atoms with Gasteiger partial charge in [-0.05, 0) is 6.92 Å². The summed E-state index contributed by atoms with van der Waals surface area (Å²) >= 11 is 0. The highest BCUT2D eigenvalue weighted by Crippen LogP contribution is 2.04. The first kappa shape index (κ1) is 6.62. The monoisotopic (exact) mass is 137 g/mol. The minimum absolute atomic E-state index is 0.302. The molecule has 4 nitrogen and oxygen atoms in total. The Balaban J connectivity index is 2.71. The van der Waals surface area contributed by atoms with E-state index >= 15 is 0 Å². The van der Waals surface area contributed by atoms with E-state index < -0.39 is 0 Å². The summed E-state index contributed by atoms with van der Waals surface area (Å²) in [5.41, 5.74) is 0.302. The van der Waals surface area contributed by atoms with Gasteiger partial charge in [0.25, 0.3) is 6.01 Å². The quantitative estimate of drug-likeness (QED) is 0.659. The maximum absolute atomic E-state index is 8.32. The molecule has 0 bridgehead atoms. The fourth-order valence-corrected chi connectivity index (χ4v) is 0.558. The van der Waals surface area contributed by atoms with Crippen LogP contribution in [0.3, 0.4) is 0 Å². The number of hydrogen-bond donors (Lipinski definition) is 1. The second kappa shape index (κ2) is 2.87. The van der Waals surface area contributed by atoms with Crippen LogP contribution in [0.4, 0.5) is 6.01 Å². The third-order valence-corrected chi connectivity index (χ3v) is 0.947. The molecule has 0 saturated carbocycles. The van der Waals surface area contributed by atoms with Crippen molar-refractivity contribution in [3.8, 4) is 6.07 Å². The number of rotatable bonds is 2. The zero-order valence-corrected chi connectivity index (χ0v) is 5.59. The number of nitrogens with zero attached hydrogens (tertiary/aromatic N) is 2. The summed E-state index contributed by atoms with van der Waals surface area (Å²) < 4.78 is 4.85. The van der Waals surface area contributed by atoms with Crippen LogP contribution in [-0.4, -0.2) is 11.5 Å². The van der Waals surface area contributed by atoms with Gasteiger partial charge in [-0.2, -0.15) is 10.2 Å². The van der Waals surface area contributed by atoms with E-state index in [-0.39, 0.29) is 0 Å². The van der Waals surface area contributed by atoms with Crippen LogP contribution < -0.4 is 5.32 Å². The van der Waals surface area contributed by atoms with Crippen molar-refractivity contribution >= 4 is 6.01 Å². The minimum atomic E-state index is 0.302. The van der Waals surface area contributed by atoms with E-state index in [2.05, 4.69) is 10.3 Å². The molecule has 0 radical (unpaired) electrons. The second-order valence-corrected chi connectivity index (χ2v) is 1.68. The van der Waals surface area contributed by atoms with E-state index in [0.717, 1.165) is 6.54 Å². The summed E-state index contributed by atoms with van der Waals surface area (Å²) in [6.07, 6.45) is 1.32. The fourth-order valence-electron chi connectivity index (χ4n) is 0.558. The molecular weight excluding hydrogens is 130 g/mol. The average Bonchev–Trinajstić information content (AvgIpc) is 2.37. The van der Waals surface area contributed by atoms with Crippen molar-refractivity contribution < 1.29 is 4.42 Å². The molecule has 0 saturated heterocycles. The maximum atomic E-state index is 8.32. The summed E-state index contributed by atoms with van der Waals surface area (Å²) in [6.45, 7) is 2.67. The molecule has 1 aromatic rings. The van der Waals surface area contributed by atoms with Crippen LogP contribution in [0.1, 0.15) is 12.6 Å². The van der Waals surface area contributed by atoms with Gasteiger partial charge in [-0.25, -0.2) is 0 Å². The number of oxazole rings is 1. The summed E-state index contributed by atoms with van der Waals surface area (Å²) in [4.78, 5) is 3.78. The van der Waals surface area contributed by atoms with Crippen molar-refractivity contribution in [1.82, 2.24) is 4.98 Å². The van der Waals surface area contributed by atoms with Gasteiger partial charge in [-0.15, -0.1) is 0 Å². The van der Waals surface area contributed by atoms with E-state index in [1.165, 1.54) is 6.26 Å². The fraction of sp³-hybridized carbons (Fsp3) is 0.333. The summed E-state index contributed by atoms with van der Waals surface area (Å²) in [6, 6.07) is 2.26. The van der Waals surface area contributed by atoms with Crippen molar-refractivity contribution in [2.24, 2.45) is 0 Å². The smallest absolute Gasteiger partial charge is 0.295 e. The minimum Gasteiger partial charge on any atom is -0.431 e. The van der Waals surface area contributed by atoms with Crippen molar-refractivity contribution in [3.63, 3.8) is 0 Å². The molecule has 1 heterocycles. The lowest BCUT2D eigenvalue weighted by Crippen LogP contribution is -1.95. The molecule has 10 heavy (non-hydrogen) atoms. The Morgan fingerprint density at radius 2 is 2.70 bits per heavy atom. The molecular formula is C6H7N3O. The molecule has 0 fully saturated rings. The van der Waals surface area contributed by atoms with E-state index in [4.69, 9.17) is 9.68 Å². The van der Waals surface area contributed by atoms with E-state index in [9.17, 15) is 0 Å². The standard InChI is InChI=1S/C6H7N3O/c1-2-8-6-9-5(3-7)4-10-6/h4H,2H2,1H3,(H,8,9). The first-order valence-electron chi connectivity index (χ1n) is 2.96. The van der Waals surface area contributed by atoms with Crippen LogP contribution in [0.25, 0.3) is 0 Å². The Bertz CT molecular complexity index is 248. The molecule has 0 unspecified atom stereocenters. The SMILES string of the molecule is CCNc1nc(C#N)co1. The topological polar surface area (TPSA) is 61.9 Å².